The molecule has 0 aliphatic carbocycles. The number of fused-ring (bicyclic) bond motifs is 1. The van der Waals surface area contributed by atoms with Crippen molar-refractivity contribution < 1.29 is 18.7 Å². The van der Waals surface area contributed by atoms with Crippen molar-refractivity contribution in [1.82, 2.24) is 9.88 Å². The second-order valence-electron chi connectivity index (χ2n) is 7.41. The molecular weight excluding hydrogens is 439 g/mol. The minimum absolute atomic E-state index is 0.179. The monoisotopic (exact) mass is 464 g/mol. The first-order valence-electron chi connectivity index (χ1n) is 10.5. The number of nitrogens with zero attached hydrogens (tertiary/aromatic N) is 1. The lowest BCUT2D eigenvalue weighted by molar-refractivity contribution is 0.0952. The van der Waals surface area contributed by atoms with Crippen LogP contribution in [-0.4, -0.2) is 31.2 Å². The van der Waals surface area contributed by atoms with E-state index in [0.29, 0.717) is 41.5 Å². The van der Waals surface area contributed by atoms with E-state index < -0.39 is 0 Å². The standard InChI is InChI=1S/C26H25FN2O3S/c1-31-23-12-11-18(15-24(23)32-2)26(30)28-13-14-29-16-25(20-8-4-6-10-22(20)29)33-17-19-7-3-5-9-21(19)27/h3-12,15-16H,13-14,17H2,1-2H3,(H,28,30). The molecule has 1 N–H and O–H groups in total. The van der Waals surface area contributed by atoms with Crippen molar-refractivity contribution in [1.29, 1.82) is 0 Å². The molecule has 170 valence electrons. The Balaban J connectivity index is 1.44. The maximum atomic E-state index is 14.0. The highest BCUT2D eigenvalue weighted by Gasteiger charge is 2.12. The van der Waals surface area contributed by atoms with Crippen molar-refractivity contribution in [3.63, 3.8) is 0 Å². The summed E-state index contributed by atoms with van der Waals surface area (Å²) in [5.41, 5.74) is 2.27. The molecular formula is C26H25FN2O3S. The second-order valence-corrected chi connectivity index (χ2v) is 8.43. The van der Waals surface area contributed by atoms with Gasteiger partial charge in [-0.15, -0.1) is 11.8 Å². The van der Waals surface area contributed by atoms with Crippen LogP contribution in [0.4, 0.5) is 4.39 Å². The molecule has 4 rings (SSSR count). The third kappa shape index (κ3) is 5.14. The summed E-state index contributed by atoms with van der Waals surface area (Å²) in [6.45, 7) is 1.07. The number of carbonyl (C=O) groups excluding carboxylic acids is 1. The van der Waals surface area contributed by atoms with Gasteiger partial charge in [0.15, 0.2) is 11.5 Å². The van der Waals surface area contributed by atoms with Gasteiger partial charge in [0.25, 0.3) is 5.91 Å². The lowest BCUT2D eigenvalue weighted by Crippen LogP contribution is -2.27. The number of benzene rings is 3. The van der Waals surface area contributed by atoms with E-state index in [1.165, 1.54) is 6.07 Å². The molecule has 0 unspecified atom stereocenters. The Morgan fingerprint density at radius 2 is 1.76 bits per heavy atom. The van der Waals surface area contributed by atoms with Gasteiger partial charge in [-0.2, -0.15) is 0 Å². The normalized spacial score (nSPS) is 10.9. The van der Waals surface area contributed by atoms with Crippen LogP contribution in [0.15, 0.2) is 77.8 Å². The van der Waals surface area contributed by atoms with Gasteiger partial charge in [0.05, 0.1) is 14.2 Å². The van der Waals surface area contributed by atoms with Gasteiger partial charge >= 0.3 is 0 Å². The maximum absolute atomic E-state index is 14.0. The van der Waals surface area contributed by atoms with Gasteiger partial charge in [0.1, 0.15) is 5.82 Å². The summed E-state index contributed by atoms with van der Waals surface area (Å²) in [5, 5.41) is 4.08. The Labute approximate surface area is 196 Å². The van der Waals surface area contributed by atoms with Crippen molar-refractivity contribution in [3.8, 4) is 11.5 Å². The van der Waals surface area contributed by atoms with Gasteiger partial charge < -0.3 is 19.4 Å². The average Bonchev–Trinajstić information content (AvgIpc) is 3.20. The highest BCUT2D eigenvalue weighted by molar-refractivity contribution is 7.98. The van der Waals surface area contributed by atoms with Crippen molar-refractivity contribution in [2.24, 2.45) is 0 Å². The fourth-order valence-electron chi connectivity index (χ4n) is 3.65. The highest BCUT2D eigenvalue weighted by atomic mass is 32.2. The Kier molecular flexibility index (Phi) is 7.19. The minimum Gasteiger partial charge on any atom is -0.493 e. The summed E-state index contributed by atoms with van der Waals surface area (Å²) in [6.07, 6.45) is 2.07. The molecule has 0 aliphatic heterocycles. The van der Waals surface area contributed by atoms with E-state index in [-0.39, 0.29) is 11.7 Å². The van der Waals surface area contributed by atoms with Gasteiger partial charge in [-0.3, -0.25) is 4.79 Å². The molecule has 1 aromatic heterocycles. The number of rotatable bonds is 9. The van der Waals surface area contributed by atoms with Crippen LogP contribution in [0.1, 0.15) is 15.9 Å². The quantitative estimate of drug-likeness (QED) is 0.332. The predicted octanol–water partition coefficient (Wildman–Crippen LogP) is 5.52. The number of halogens is 1. The smallest absolute Gasteiger partial charge is 0.251 e. The molecule has 33 heavy (non-hydrogen) atoms. The van der Waals surface area contributed by atoms with E-state index in [9.17, 15) is 9.18 Å². The van der Waals surface area contributed by atoms with Crippen LogP contribution in [0, 0.1) is 5.82 Å². The number of methoxy groups -OCH3 is 2. The summed E-state index contributed by atoms with van der Waals surface area (Å²) in [4.78, 5) is 13.7. The molecule has 0 bridgehead atoms. The van der Waals surface area contributed by atoms with Gasteiger partial charge in [-0.1, -0.05) is 36.4 Å². The van der Waals surface area contributed by atoms with Crippen LogP contribution >= 0.6 is 11.8 Å². The molecule has 0 aliphatic rings. The lowest BCUT2D eigenvalue weighted by Gasteiger charge is -2.10. The molecule has 3 aromatic carbocycles. The van der Waals surface area contributed by atoms with E-state index in [4.69, 9.17) is 9.47 Å². The Bertz CT molecular complexity index is 1270. The summed E-state index contributed by atoms with van der Waals surface area (Å²) in [7, 11) is 3.10. The lowest BCUT2D eigenvalue weighted by atomic mass is 10.2. The first-order valence-corrected chi connectivity index (χ1v) is 11.5. The number of aromatic nitrogens is 1. The van der Waals surface area contributed by atoms with E-state index in [0.717, 1.165) is 15.8 Å². The first-order chi connectivity index (χ1) is 16.1. The number of hydrogen-bond donors (Lipinski definition) is 1. The number of ether oxygens (including phenoxy) is 2. The zero-order valence-electron chi connectivity index (χ0n) is 18.5. The molecule has 5 nitrogen and oxygen atoms in total. The number of thioether (sulfide) groups is 1. The van der Waals surface area contributed by atoms with Gasteiger partial charge in [-0.05, 0) is 35.9 Å². The van der Waals surface area contributed by atoms with Gasteiger partial charge in [0, 0.05) is 46.4 Å². The summed E-state index contributed by atoms with van der Waals surface area (Å²) in [6, 6.07) is 20.0. The van der Waals surface area contributed by atoms with Crippen LogP contribution in [0.25, 0.3) is 10.9 Å². The molecule has 0 fully saturated rings. The molecule has 0 saturated carbocycles. The van der Waals surface area contributed by atoms with Crippen LogP contribution in [-0.2, 0) is 12.3 Å². The molecule has 0 atom stereocenters. The zero-order chi connectivity index (χ0) is 23.2. The average molecular weight is 465 g/mol. The fraction of sp³-hybridized carbons (Fsp3) is 0.192. The molecule has 1 heterocycles. The third-order valence-corrected chi connectivity index (χ3v) is 6.47. The number of amides is 1. The number of nitrogens with one attached hydrogen (secondary N) is 1. The van der Waals surface area contributed by atoms with Crippen molar-refractivity contribution in [3.05, 3.63) is 89.9 Å². The number of carbonyl (C=O) groups is 1. The Morgan fingerprint density at radius 1 is 1.00 bits per heavy atom. The predicted molar refractivity (Wildman–Crippen MR) is 130 cm³/mol. The van der Waals surface area contributed by atoms with Gasteiger partial charge in [-0.25, -0.2) is 4.39 Å². The number of para-hydroxylation sites is 1. The van der Waals surface area contributed by atoms with Crippen LogP contribution < -0.4 is 14.8 Å². The molecule has 7 heteroatoms. The SMILES string of the molecule is COc1ccc(C(=O)NCCn2cc(SCc3ccccc3F)c3ccccc32)cc1OC. The van der Waals surface area contributed by atoms with Crippen LogP contribution in [0.2, 0.25) is 0 Å². The van der Waals surface area contributed by atoms with E-state index >= 15 is 0 Å². The van der Waals surface area contributed by atoms with E-state index in [1.807, 2.05) is 24.3 Å². The fourth-order valence-corrected chi connectivity index (χ4v) is 4.73. The van der Waals surface area contributed by atoms with Crippen molar-refractivity contribution in [2.45, 2.75) is 17.2 Å². The molecule has 4 aromatic rings. The largest absolute Gasteiger partial charge is 0.493 e. The molecule has 0 radical (unpaired) electrons. The molecule has 0 spiro atoms. The summed E-state index contributed by atoms with van der Waals surface area (Å²) >= 11 is 1.61. The maximum Gasteiger partial charge on any atom is 0.251 e. The topological polar surface area (TPSA) is 52.5 Å². The summed E-state index contributed by atoms with van der Waals surface area (Å²) < 4.78 is 26.6. The minimum atomic E-state index is -0.188. The Hall–Kier alpha value is -3.45. The second kappa shape index (κ2) is 10.4. The summed E-state index contributed by atoms with van der Waals surface area (Å²) in [5.74, 6) is 1.27. The number of hydrogen-bond acceptors (Lipinski definition) is 4. The van der Waals surface area contributed by atoms with E-state index in [1.54, 1.807) is 50.2 Å². The van der Waals surface area contributed by atoms with Crippen LogP contribution in [0.5, 0.6) is 11.5 Å². The highest BCUT2D eigenvalue weighted by Crippen LogP contribution is 2.32. The third-order valence-electron chi connectivity index (χ3n) is 5.38. The Morgan fingerprint density at radius 3 is 2.55 bits per heavy atom. The molecule has 0 saturated heterocycles. The van der Waals surface area contributed by atoms with Crippen molar-refractivity contribution in [2.75, 3.05) is 20.8 Å². The van der Waals surface area contributed by atoms with Crippen molar-refractivity contribution >= 4 is 28.6 Å². The first kappa shape index (κ1) is 22.7. The van der Waals surface area contributed by atoms with E-state index in [2.05, 4.69) is 28.2 Å². The molecule has 1 amide bonds. The van der Waals surface area contributed by atoms with Crippen LogP contribution in [0.3, 0.4) is 0 Å². The van der Waals surface area contributed by atoms with Gasteiger partial charge in [0.2, 0.25) is 0 Å². The zero-order valence-corrected chi connectivity index (χ0v) is 19.3.